The van der Waals surface area contributed by atoms with Gasteiger partial charge in [-0.05, 0) is 40.5 Å². The maximum Gasteiger partial charge on any atom is 0.276 e. The average molecular weight is 316 g/mol. The van der Waals surface area contributed by atoms with Crippen LogP contribution in [0.15, 0.2) is 48.5 Å². The summed E-state index contributed by atoms with van der Waals surface area (Å²) >= 11 is 0. The summed E-state index contributed by atoms with van der Waals surface area (Å²) in [6, 6.07) is 14.6. The van der Waals surface area contributed by atoms with E-state index in [0.29, 0.717) is 11.1 Å². The van der Waals surface area contributed by atoms with Gasteiger partial charge in [0.05, 0.1) is 0 Å². The summed E-state index contributed by atoms with van der Waals surface area (Å²) in [5.41, 5.74) is 3.81. The van der Waals surface area contributed by atoms with Crippen LogP contribution >= 0.6 is 0 Å². The third-order valence-electron chi connectivity index (χ3n) is 4.58. The van der Waals surface area contributed by atoms with Crippen LogP contribution in [0, 0.1) is 0 Å². The van der Waals surface area contributed by atoms with Gasteiger partial charge in [-0.1, -0.05) is 62.4 Å². The first-order valence-electron chi connectivity index (χ1n) is 7.43. The van der Waals surface area contributed by atoms with E-state index in [9.17, 15) is 13.0 Å². The van der Waals surface area contributed by atoms with E-state index in [4.69, 9.17) is 0 Å². The predicted octanol–water partition coefficient (Wildman–Crippen LogP) is 3.89. The van der Waals surface area contributed by atoms with Gasteiger partial charge >= 0.3 is 0 Å². The van der Waals surface area contributed by atoms with Crippen molar-refractivity contribution in [3.05, 3.63) is 70.8 Å². The number of fused-ring (bicyclic) bond motifs is 1. The highest BCUT2D eigenvalue weighted by atomic mass is 32.2. The first-order chi connectivity index (χ1) is 10.3. The molecule has 1 aliphatic carbocycles. The van der Waals surface area contributed by atoms with Crippen molar-refractivity contribution in [3.8, 4) is 0 Å². The van der Waals surface area contributed by atoms with E-state index < -0.39 is 15.4 Å². The number of hydrogen-bond acceptors (Lipinski definition) is 2. The van der Waals surface area contributed by atoms with Crippen LogP contribution in [0.1, 0.15) is 47.8 Å². The van der Waals surface area contributed by atoms with Gasteiger partial charge in [-0.15, -0.1) is 0 Å². The molecule has 22 heavy (non-hydrogen) atoms. The second kappa shape index (κ2) is 5.21. The molecule has 0 amide bonds. The molecule has 116 valence electrons. The summed E-state index contributed by atoms with van der Waals surface area (Å²) in [5, 5.41) is -1.03. The van der Waals surface area contributed by atoms with Crippen molar-refractivity contribution in [2.45, 2.75) is 37.4 Å². The van der Waals surface area contributed by atoms with E-state index in [1.54, 1.807) is 24.3 Å². The van der Waals surface area contributed by atoms with Crippen LogP contribution in [-0.4, -0.2) is 13.0 Å². The van der Waals surface area contributed by atoms with Crippen molar-refractivity contribution in [1.29, 1.82) is 0 Å². The maximum absolute atomic E-state index is 11.9. The van der Waals surface area contributed by atoms with Gasteiger partial charge in [-0.2, -0.15) is 8.42 Å². The Labute approximate surface area is 131 Å². The lowest BCUT2D eigenvalue weighted by Gasteiger charge is -2.20. The number of rotatable bonds is 3. The zero-order chi connectivity index (χ0) is 16.0. The van der Waals surface area contributed by atoms with E-state index in [0.717, 1.165) is 12.8 Å². The summed E-state index contributed by atoms with van der Waals surface area (Å²) in [7, 11) is -4.22. The normalized spacial score (nSPS) is 18.0. The zero-order valence-electron chi connectivity index (χ0n) is 12.8. The van der Waals surface area contributed by atoms with E-state index in [1.807, 2.05) is 24.3 Å². The van der Waals surface area contributed by atoms with E-state index >= 15 is 0 Å². The Hall–Kier alpha value is -1.65. The van der Waals surface area contributed by atoms with Gasteiger partial charge in [-0.3, -0.25) is 4.55 Å². The fraction of sp³-hybridized carbons (Fsp3) is 0.333. The molecule has 4 heteroatoms. The lowest BCUT2D eigenvalue weighted by Crippen LogP contribution is -2.15. The Kier molecular flexibility index (Phi) is 3.62. The van der Waals surface area contributed by atoms with E-state index in [1.165, 1.54) is 11.1 Å². The lowest BCUT2D eigenvalue weighted by atomic mass is 9.86. The first-order valence-corrected chi connectivity index (χ1v) is 8.94. The second-order valence-corrected chi connectivity index (χ2v) is 8.11. The lowest BCUT2D eigenvalue weighted by molar-refractivity contribution is 0.475. The predicted molar refractivity (Wildman–Crippen MR) is 87.6 cm³/mol. The summed E-state index contributed by atoms with van der Waals surface area (Å²) in [6.45, 7) is 4.41. The molecule has 1 unspecified atom stereocenters. The van der Waals surface area contributed by atoms with Crippen LogP contribution in [0.4, 0.5) is 0 Å². The Morgan fingerprint density at radius 1 is 1.05 bits per heavy atom. The standard InChI is InChI=1S/C18H20O3S/c1-18(2)11-10-14-12-15(8-9-16(14)18)17(22(19,20)21)13-6-4-3-5-7-13/h3-9,12,17H,10-11H2,1-2H3,(H,19,20,21). The number of aryl methyl sites for hydroxylation is 1. The van der Waals surface area contributed by atoms with Gasteiger partial charge in [0.1, 0.15) is 5.25 Å². The first kappa shape index (κ1) is 15.3. The highest BCUT2D eigenvalue weighted by Crippen LogP contribution is 2.40. The maximum atomic E-state index is 11.9. The van der Waals surface area contributed by atoms with Gasteiger partial charge in [0.25, 0.3) is 10.1 Å². The SMILES string of the molecule is CC1(C)CCc2cc(C(c3ccccc3)S(=O)(=O)O)ccc21. The largest absolute Gasteiger partial charge is 0.285 e. The summed E-state index contributed by atoms with van der Waals surface area (Å²) in [4.78, 5) is 0. The summed E-state index contributed by atoms with van der Waals surface area (Å²) < 4.78 is 33.5. The molecule has 1 N–H and O–H groups in total. The zero-order valence-corrected chi connectivity index (χ0v) is 13.6. The third-order valence-corrected chi connectivity index (χ3v) is 5.72. The number of benzene rings is 2. The third kappa shape index (κ3) is 2.69. The molecule has 0 saturated carbocycles. The minimum Gasteiger partial charge on any atom is -0.285 e. The van der Waals surface area contributed by atoms with Gasteiger partial charge in [0, 0.05) is 0 Å². The molecule has 3 rings (SSSR count). The Balaban J connectivity index is 2.12. The molecule has 0 aliphatic heterocycles. The van der Waals surface area contributed by atoms with Crippen LogP contribution in [0.25, 0.3) is 0 Å². The van der Waals surface area contributed by atoms with Crippen molar-refractivity contribution in [2.75, 3.05) is 0 Å². The van der Waals surface area contributed by atoms with Crippen LogP contribution in [0.5, 0.6) is 0 Å². The van der Waals surface area contributed by atoms with Crippen LogP contribution < -0.4 is 0 Å². The molecule has 2 aromatic rings. The molecular weight excluding hydrogens is 296 g/mol. The molecule has 0 radical (unpaired) electrons. The molecule has 1 atom stereocenters. The molecule has 0 heterocycles. The Morgan fingerprint density at radius 2 is 1.73 bits per heavy atom. The molecule has 0 saturated heterocycles. The second-order valence-electron chi connectivity index (χ2n) is 6.61. The molecule has 0 fully saturated rings. The molecule has 3 nitrogen and oxygen atoms in total. The minimum absolute atomic E-state index is 0.133. The fourth-order valence-corrected chi connectivity index (χ4v) is 4.38. The van der Waals surface area contributed by atoms with Gasteiger partial charge in [-0.25, -0.2) is 0 Å². The minimum atomic E-state index is -4.22. The van der Waals surface area contributed by atoms with Crippen LogP contribution in [-0.2, 0) is 22.0 Å². The van der Waals surface area contributed by atoms with Gasteiger partial charge in [0.15, 0.2) is 0 Å². The monoisotopic (exact) mass is 316 g/mol. The Bertz CT molecular complexity index is 792. The molecule has 0 spiro atoms. The average Bonchev–Trinajstić information content (AvgIpc) is 2.74. The smallest absolute Gasteiger partial charge is 0.276 e. The molecule has 0 aromatic heterocycles. The molecule has 1 aliphatic rings. The van der Waals surface area contributed by atoms with Crippen molar-refractivity contribution < 1.29 is 13.0 Å². The highest BCUT2D eigenvalue weighted by Gasteiger charge is 2.32. The summed E-state index contributed by atoms with van der Waals surface area (Å²) in [6.07, 6.45) is 2.01. The topological polar surface area (TPSA) is 54.4 Å². The molecule has 2 aromatic carbocycles. The molecular formula is C18H20O3S. The summed E-state index contributed by atoms with van der Waals surface area (Å²) in [5.74, 6) is 0. The number of hydrogen-bond donors (Lipinski definition) is 1. The van der Waals surface area contributed by atoms with Crippen LogP contribution in [0.2, 0.25) is 0 Å². The Morgan fingerprint density at radius 3 is 2.36 bits per heavy atom. The van der Waals surface area contributed by atoms with Crippen molar-refractivity contribution in [2.24, 2.45) is 0 Å². The molecule has 0 bridgehead atoms. The van der Waals surface area contributed by atoms with E-state index in [-0.39, 0.29) is 5.41 Å². The van der Waals surface area contributed by atoms with Crippen molar-refractivity contribution >= 4 is 10.1 Å². The van der Waals surface area contributed by atoms with E-state index in [2.05, 4.69) is 13.8 Å². The fourth-order valence-electron chi connectivity index (χ4n) is 3.39. The van der Waals surface area contributed by atoms with Gasteiger partial charge < -0.3 is 0 Å². The van der Waals surface area contributed by atoms with Crippen molar-refractivity contribution in [3.63, 3.8) is 0 Å². The highest BCUT2D eigenvalue weighted by molar-refractivity contribution is 7.86. The van der Waals surface area contributed by atoms with Gasteiger partial charge in [0.2, 0.25) is 0 Å². The van der Waals surface area contributed by atoms with Crippen molar-refractivity contribution in [1.82, 2.24) is 0 Å². The van der Waals surface area contributed by atoms with Crippen LogP contribution in [0.3, 0.4) is 0 Å². The quantitative estimate of drug-likeness (QED) is 0.874.